The first kappa shape index (κ1) is 16.2. The maximum Gasteiger partial charge on any atom is 0.167 e. The third-order valence-electron chi connectivity index (χ3n) is 4.94. The van der Waals surface area contributed by atoms with E-state index in [9.17, 15) is 0 Å². The number of pyridine rings is 1. The van der Waals surface area contributed by atoms with E-state index in [2.05, 4.69) is 20.2 Å². The molecule has 1 aliphatic heterocycles. The Kier molecular flexibility index (Phi) is 3.99. The van der Waals surface area contributed by atoms with E-state index in [1.165, 1.54) is 0 Å². The molecule has 1 fully saturated rings. The zero-order valence-corrected chi connectivity index (χ0v) is 14.9. The third-order valence-corrected chi connectivity index (χ3v) is 4.94. The number of nitrogens with two attached hydrogens (primary N) is 1. The molecule has 0 unspecified atom stereocenters. The highest BCUT2D eigenvalue weighted by atomic mass is 16.5. The molecule has 0 amide bonds. The molecule has 1 aromatic carbocycles. The number of rotatable bonds is 4. The Balaban J connectivity index is 1.50. The minimum atomic E-state index is 0.598. The first-order valence-electron chi connectivity index (χ1n) is 9.16. The van der Waals surface area contributed by atoms with Crippen LogP contribution >= 0.6 is 0 Å². The topological polar surface area (TPSA) is 93.6 Å². The van der Waals surface area contributed by atoms with Crippen LogP contribution in [0.15, 0.2) is 36.5 Å². The number of morpholine rings is 1. The van der Waals surface area contributed by atoms with E-state index >= 15 is 0 Å². The maximum absolute atomic E-state index is 6.20. The number of anilines is 2. The summed E-state index contributed by atoms with van der Waals surface area (Å²) >= 11 is 0. The fourth-order valence-electron chi connectivity index (χ4n) is 3.55. The molecule has 0 radical (unpaired) electrons. The fourth-order valence-corrected chi connectivity index (χ4v) is 3.55. The average molecular weight is 363 g/mol. The Bertz CT molecular complexity index is 1120. The molecule has 4 aromatic rings. The number of hydrogen-bond donors (Lipinski definition) is 2. The smallest absolute Gasteiger partial charge is 0.167 e. The minimum absolute atomic E-state index is 0.598. The maximum atomic E-state index is 6.20. The van der Waals surface area contributed by atoms with Crippen molar-refractivity contribution in [3.63, 3.8) is 0 Å². The van der Waals surface area contributed by atoms with Crippen LogP contribution in [-0.4, -0.2) is 63.6 Å². The van der Waals surface area contributed by atoms with Crippen molar-refractivity contribution in [3.05, 3.63) is 36.5 Å². The lowest BCUT2D eigenvalue weighted by atomic mass is 10.3. The van der Waals surface area contributed by atoms with Gasteiger partial charge in [0, 0.05) is 26.2 Å². The number of nitrogens with zero attached hydrogens (tertiary/aromatic N) is 5. The third kappa shape index (κ3) is 2.92. The molecular formula is C19H21N7O. The number of nitrogen functional groups attached to an aromatic ring is 1. The summed E-state index contributed by atoms with van der Waals surface area (Å²) < 4.78 is 7.37. The van der Waals surface area contributed by atoms with Crippen LogP contribution in [0.25, 0.3) is 27.8 Å². The van der Waals surface area contributed by atoms with Crippen LogP contribution in [0.4, 0.5) is 11.5 Å². The van der Waals surface area contributed by atoms with Crippen molar-refractivity contribution in [2.75, 3.05) is 50.4 Å². The molecule has 3 aromatic heterocycles. The van der Waals surface area contributed by atoms with Gasteiger partial charge in [0.2, 0.25) is 0 Å². The van der Waals surface area contributed by atoms with E-state index in [-0.39, 0.29) is 0 Å². The molecule has 1 saturated heterocycles. The van der Waals surface area contributed by atoms with Gasteiger partial charge in [0.25, 0.3) is 0 Å². The van der Waals surface area contributed by atoms with Crippen molar-refractivity contribution >= 4 is 39.3 Å². The summed E-state index contributed by atoms with van der Waals surface area (Å²) in [4.78, 5) is 16.4. The van der Waals surface area contributed by atoms with Gasteiger partial charge in [-0.3, -0.25) is 9.30 Å². The molecule has 5 rings (SSSR count). The first-order chi connectivity index (χ1) is 13.3. The summed E-state index contributed by atoms with van der Waals surface area (Å²) in [5, 5.41) is 3.38. The van der Waals surface area contributed by atoms with E-state index in [1.54, 1.807) is 6.20 Å². The monoisotopic (exact) mass is 363 g/mol. The predicted octanol–water partition coefficient (Wildman–Crippen LogP) is 1.76. The van der Waals surface area contributed by atoms with E-state index < -0.39 is 0 Å². The molecule has 27 heavy (non-hydrogen) atoms. The largest absolute Gasteiger partial charge is 0.396 e. The Morgan fingerprint density at radius 3 is 2.81 bits per heavy atom. The number of ether oxygens (including phenoxy) is 1. The van der Waals surface area contributed by atoms with Gasteiger partial charge in [-0.15, -0.1) is 0 Å². The molecule has 0 saturated carbocycles. The normalized spacial score (nSPS) is 15.7. The minimum Gasteiger partial charge on any atom is -0.396 e. The molecule has 0 spiro atoms. The summed E-state index contributed by atoms with van der Waals surface area (Å²) in [6.07, 6.45) is 1.76. The highest BCUT2D eigenvalue weighted by molar-refractivity contribution is 5.92. The molecule has 4 heterocycles. The van der Waals surface area contributed by atoms with E-state index in [0.717, 1.165) is 67.4 Å². The second-order valence-electron chi connectivity index (χ2n) is 6.70. The van der Waals surface area contributed by atoms with E-state index in [1.807, 2.05) is 34.7 Å². The number of imidazole rings is 1. The molecule has 1 aliphatic rings. The standard InChI is InChI=1S/C19H21N7O/c20-13-11-15-19(26-16-4-2-1-3-14(16)23-18(13)26)24-17(12-22-15)21-5-6-25-7-9-27-10-8-25/h1-4,11-12H,5-10,20H2,(H,21,24). The zero-order chi connectivity index (χ0) is 18.2. The summed E-state index contributed by atoms with van der Waals surface area (Å²) in [5.41, 5.74) is 10.9. The molecule has 8 nitrogen and oxygen atoms in total. The Morgan fingerprint density at radius 2 is 1.93 bits per heavy atom. The zero-order valence-electron chi connectivity index (χ0n) is 14.9. The fraction of sp³-hybridized carbons (Fsp3) is 0.316. The number of para-hydroxylation sites is 2. The molecule has 0 aliphatic carbocycles. The second kappa shape index (κ2) is 6.64. The van der Waals surface area contributed by atoms with E-state index in [4.69, 9.17) is 15.5 Å². The van der Waals surface area contributed by atoms with Gasteiger partial charge in [0.05, 0.1) is 36.1 Å². The van der Waals surface area contributed by atoms with Crippen molar-refractivity contribution in [2.45, 2.75) is 0 Å². The van der Waals surface area contributed by atoms with Crippen LogP contribution < -0.4 is 11.1 Å². The number of nitrogens with one attached hydrogen (secondary N) is 1. The van der Waals surface area contributed by atoms with Crippen LogP contribution in [-0.2, 0) is 4.74 Å². The van der Waals surface area contributed by atoms with Gasteiger partial charge < -0.3 is 15.8 Å². The van der Waals surface area contributed by atoms with Crippen LogP contribution in [0, 0.1) is 0 Å². The van der Waals surface area contributed by atoms with Crippen molar-refractivity contribution in [3.8, 4) is 0 Å². The Morgan fingerprint density at radius 1 is 1.07 bits per heavy atom. The van der Waals surface area contributed by atoms with Crippen LogP contribution in [0.5, 0.6) is 0 Å². The lowest BCUT2D eigenvalue weighted by molar-refractivity contribution is 0.0398. The average Bonchev–Trinajstić information content (AvgIpc) is 3.10. The van der Waals surface area contributed by atoms with Gasteiger partial charge >= 0.3 is 0 Å². The second-order valence-corrected chi connectivity index (χ2v) is 6.70. The molecular weight excluding hydrogens is 342 g/mol. The van der Waals surface area contributed by atoms with Gasteiger partial charge in [-0.2, -0.15) is 0 Å². The van der Waals surface area contributed by atoms with Crippen LogP contribution in [0.2, 0.25) is 0 Å². The lowest BCUT2D eigenvalue weighted by Crippen LogP contribution is -2.39. The van der Waals surface area contributed by atoms with Gasteiger partial charge in [0.15, 0.2) is 11.3 Å². The Hall–Kier alpha value is -2.97. The quantitative estimate of drug-likeness (QED) is 0.570. The predicted molar refractivity (Wildman–Crippen MR) is 106 cm³/mol. The van der Waals surface area contributed by atoms with Crippen molar-refractivity contribution in [1.29, 1.82) is 0 Å². The molecule has 8 heteroatoms. The summed E-state index contributed by atoms with van der Waals surface area (Å²) in [5.74, 6) is 0.750. The van der Waals surface area contributed by atoms with Crippen molar-refractivity contribution in [2.24, 2.45) is 0 Å². The summed E-state index contributed by atoms with van der Waals surface area (Å²) in [7, 11) is 0. The number of hydrogen-bond acceptors (Lipinski definition) is 7. The number of aromatic nitrogens is 4. The number of fused-ring (bicyclic) bond motifs is 5. The molecule has 0 atom stereocenters. The van der Waals surface area contributed by atoms with Crippen molar-refractivity contribution in [1.82, 2.24) is 24.3 Å². The highest BCUT2D eigenvalue weighted by Crippen LogP contribution is 2.26. The Labute approximate surface area is 156 Å². The van der Waals surface area contributed by atoms with Crippen LogP contribution in [0.1, 0.15) is 0 Å². The lowest BCUT2D eigenvalue weighted by Gasteiger charge is -2.26. The molecule has 138 valence electrons. The van der Waals surface area contributed by atoms with Crippen molar-refractivity contribution < 1.29 is 4.74 Å². The van der Waals surface area contributed by atoms with Crippen LogP contribution in [0.3, 0.4) is 0 Å². The van der Waals surface area contributed by atoms with Gasteiger partial charge in [-0.25, -0.2) is 15.0 Å². The number of benzene rings is 1. The van der Waals surface area contributed by atoms with Gasteiger partial charge in [-0.05, 0) is 18.2 Å². The SMILES string of the molecule is Nc1cc2ncc(NCCN3CCOCC3)nc2n2c1nc1ccccc12. The molecule has 0 bridgehead atoms. The highest BCUT2D eigenvalue weighted by Gasteiger charge is 2.14. The summed E-state index contributed by atoms with van der Waals surface area (Å²) in [6.45, 7) is 5.33. The van der Waals surface area contributed by atoms with Gasteiger partial charge in [0.1, 0.15) is 11.3 Å². The summed E-state index contributed by atoms with van der Waals surface area (Å²) in [6, 6.07) is 9.79. The van der Waals surface area contributed by atoms with E-state index in [0.29, 0.717) is 11.3 Å². The first-order valence-corrected chi connectivity index (χ1v) is 9.16. The molecule has 3 N–H and O–H groups in total. The van der Waals surface area contributed by atoms with Gasteiger partial charge in [-0.1, -0.05) is 12.1 Å².